The van der Waals surface area contributed by atoms with Gasteiger partial charge < -0.3 is 34.6 Å². The number of aromatic nitrogens is 3. The molecule has 0 bridgehead atoms. The lowest BCUT2D eigenvalue weighted by Crippen LogP contribution is -2.50. The van der Waals surface area contributed by atoms with Gasteiger partial charge in [0.05, 0.1) is 23.9 Å². The van der Waals surface area contributed by atoms with E-state index >= 15 is 0 Å². The van der Waals surface area contributed by atoms with Crippen LogP contribution in [0.15, 0.2) is 48.2 Å². The van der Waals surface area contributed by atoms with Crippen LogP contribution in [0.3, 0.4) is 0 Å². The van der Waals surface area contributed by atoms with Crippen LogP contribution >= 0.6 is 0 Å². The number of hydrogen-bond donors (Lipinski definition) is 3. The zero-order valence-electron chi connectivity index (χ0n) is 30.0. The molecule has 5 rings (SSSR count). The van der Waals surface area contributed by atoms with Crippen LogP contribution in [0, 0.1) is 11.3 Å². The molecule has 12 heteroatoms. The van der Waals surface area contributed by atoms with Gasteiger partial charge in [-0.15, -0.1) is 5.10 Å². The van der Waals surface area contributed by atoms with E-state index in [2.05, 4.69) is 44.8 Å². The Balaban J connectivity index is 1.13. The predicted octanol–water partition coefficient (Wildman–Crippen LogP) is 4.52. The summed E-state index contributed by atoms with van der Waals surface area (Å²) in [7, 11) is 1.50. The summed E-state index contributed by atoms with van der Waals surface area (Å²) >= 11 is 0. The van der Waals surface area contributed by atoms with Gasteiger partial charge in [-0.3, -0.25) is 4.79 Å². The van der Waals surface area contributed by atoms with Gasteiger partial charge >= 0.3 is 0 Å². The molecule has 1 amide bonds. The maximum atomic E-state index is 13.2. The molecule has 270 valence electrons. The molecule has 2 aliphatic rings. The van der Waals surface area contributed by atoms with Gasteiger partial charge in [0.15, 0.2) is 6.29 Å². The highest BCUT2D eigenvalue weighted by Gasteiger charge is 2.37. The minimum Gasteiger partial charge on any atom is -0.390 e. The number of amides is 1. The van der Waals surface area contributed by atoms with Crippen LogP contribution in [0.5, 0.6) is 0 Å². The largest absolute Gasteiger partial charge is 0.390 e. The Kier molecular flexibility index (Phi) is 12.3. The summed E-state index contributed by atoms with van der Waals surface area (Å²) in [6.45, 7) is 10.7. The number of anilines is 1. The fourth-order valence-electron chi connectivity index (χ4n) is 6.57. The standard InChI is InChI=1S/C38H52N6O6/c1-6-38(4,22-30-24-44(42-41-30)25-33-35(46)32(45)21-34(48-5)50-33)49-17-14-37(2,3)40-36(47)29(23-39)19-26-10-11-28-20-31(13-12-27(28)18-26)43-15-8-7-9-16-43/h10-13,18-20,24,32-35,45-46H,6-9,14-17,21-22,25H2,1-5H3,(H,40,47)/b29-19+/t32-,33-,34+,35+,38?/m1/s1. The van der Waals surface area contributed by atoms with Crippen LogP contribution in [0.2, 0.25) is 0 Å². The molecular formula is C38H52N6O6. The van der Waals surface area contributed by atoms with E-state index < -0.39 is 41.6 Å². The Morgan fingerprint density at radius 1 is 1.14 bits per heavy atom. The number of piperidine rings is 1. The van der Waals surface area contributed by atoms with Crippen molar-refractivity contribution in [1.29, 1.82) is 5.26 Å². The van der Waals surface area contributed by atoms with E-state index in [1.807, 2.05) is 45.9 Å². The molecule has 2 fully saturated rings. The minimum atomic E-state index is -1.06. The van der Waals surface area contributed by atoms with Gasteiger partial charge in [0.25, 0.3) is 5.91 Å². The maximum absolute atomic E-state index is 13.2. The predicted molar refractivity (Wildman–Crippen MR) is 191 cm³/mol. The molecule has 5 atom stereocenters. The smallest absolute Gasteiger partial charge is 0.262 e. The molecule has 1 unspecified atom stereocenters. The van der Waals surface area contributed by atoms with E-state index in [9.17, 15) is 20.3 Å². The van der Waals surface area contributed by atoms with Crippen molar-refractivity contribution in [2.24, 2.45) is 0 Å². The minimum absolute atomic E-state index is 0.0446. The van der Waals surface area contributed by atoms with Crippen molar-refractivity contribution in [1.82, 2.24) is 20.3 Å². The van der Waals surface area contributed by atoms with Gasteiger partial charge in [-0.1, -0.05) is 30.3 Å². The second-order valence-corrected chi connectivity index (χ2v) is 14.5. The first-order valence-electron chi connectivity index (χ1n) is 17.7. The number of aliphatic hydroxyl groups excluding tert-OH is 2. The van der Waals surface area contributed by atoms with Gasteiger partial charge in [-0.05, 0) is 93.5 Å². The van der Waals surface area contributed by atoms with E-state index in [0.717, 1.165) is 35.1 Å². The summed E-state index contributed by atoms with van der Waals surface area (Å²) in [5.41, 5.74) is 1.62. The topological polar surface area (TPSA) is 155 Å². The number of carbonyl (C=O) groups is 1. The summed E-state index contributed by atoms with van der Waals surface area (Å²) in [4.78, 5) is 15.7. The zero-order chi connectivity index (χ0) is 35.9. The molecule has 50 heavy (non-hydrogen) atoms. The van der Waals surface area contributed by atoms with Crippen LogP contribution in [0.1, 0.15) is 77.5 Å². The monoisotopic (exact) mass is 688 g/mol. The van der Waals surface area contributed by atoms with Crippen molar-refractivity contribution in [2.45, 2.75) is 115 Å². The first-order chi connectivity index (χ1) is 23.9. The SMILES string of the molecule is CCC(C)(Cc1cn(C[C@H]2O[C@H](OC)C[C@@H](O)[C@@H]2O)nn1)OCCC(C)(C)NC(=O)/C(C#N)=C/c1ccc2cc(N3CCCCC3)ccc2c1. The number of ether oxygens (including phenoxy) is 3. The van der Waals surface area contributed by atoms with E-state index in [0.29, 0.717) is 25.9 Å². The summed E-state index contributed by atoms with van der Waals surface area (Å²) in [5, 5.41) is 44.2. The highest BCUT2D eigenvalue weighted by Crippen LogP contribution is 2.27. The molecular weight excluding hydrogens is 636 g/mol. The number of rotatable bonds is 14. The van der Waals surface area contributed by atoms with Gasteiger partial charge in [0, 0.05) is 57.1 Å². The van der Waals surface area contributed by atoms with Crippen molar-refractivity contribution in [3.05, 3.63) is 59.4 Å². The van der Waals surface area contributed by atoms with Crippen molar-refractivity contribution < 1.29 is 29.2 Å². The highest BCUT2D eigenvalue weighted by molar-refractivity contribution is 6.02. The van der Waals surface area contributed by atoms with Gasteiger partial charge in [0.1, 0.15) is 23.9 Å². The van der Waals surface area contributed by atoms with E-state index in [-0.39, 0.29) is 18.5 Å². The van der Waals surface area contributed by atoms with Crippen LogP contribution < -0.4 is 10.2 Å². The lowest BCUT2D eigenvalue weighted by molar-refractivity contribution is -0.245. The Morgan fingerprint density at radius 2 is 1.88 bits per heavy atom. The molecule has 0 aliphatic carbocycles. The number of hydrogen-bond acceptors (Lipinski definition) is 10. The lowest BCUT2D eigenvalue weighted by atomic mass is 9.96. The number of nitrogens with zero attached hydrogens (tertiary/aromatic N) is 5. The first kappa shape index (κ1) is 37.4. The van der Waals surface area contributed by atoms with Crippen LogP contribution in [0.25, 0.3) is 16.8 Å². The zero-order valence-corrected chi connectivity index (χ0v) is 30.0. The number of aliphatic hydroxyl groups is 2. The molecule has 0 saturated carbocycles. The van der Waals surface area contributed by atoms with Crippen molar-refractivity contribution in [3.8, 4) is 6.07 Å². The fraction of sp³-hybridized carbons (Fsp3) is 0.579. The second-order valence-electron chi connectivity index (χ2n) is 14.5. The molecule has 3 N–H and O–H groups in total. The Morgan fingerprint density at radius 3 is 2.60 bits per heavy atom. The van der Waals surface area contributed by atoms with Crippen molar-refractivity contribution >= 4 is 28.4 Å². The third kappa shape index (κ3) is 9.68. The Hall–Kier alpha value is -3.86. The highest BCUT2D eigenvalue weighted by atomic mass is 16.7. The number of nitriles is 1. The number of fused-ring (bicyclic) bond motifs is 1. The first-order valence-corrected chi connectivity index (χ1v) is 17.7. The molecule has 1 aromatic heterocycles. The molecule has 0 spiro atoms. The maximum Gasteiger partial charge on any atom is 0.262 e. The Labute approximate surface area is 295 Å². The second kappa shape index (κ2) is 16.4. The van der Waals surface area contributed by atoms with Gasteiger partial charge in [-0.25, -0.2) is 4.68 Å². The Bertz CT molecular complexity index is 1680. The third-order valence-corrected chi connectivity index (χ3v) is 9.93. The molecule has 3 aromatic rings. The molecule has 3 heterocycles. The van der Waals surface area contributed by atoms with E-state index in [4.69, 9.17) is 14.2 Å². The molecule has 0 radical (unpaired) electrons. The molecule has 12 nitrogen and oxygen atoms in total. The number of carbonyl (C=O) groups excluding carboxylic acids is 1. The van der Waals surface area contributed by atoms with Crippen LogP contribution in [-0.2, 0) is 32.0 Å². The summed E-state index contributed by atoms with van der Waals surface area (Å²) in [6, 6.07) is 14.6. The van der Waals surface area contributed by atoms with E-state index in [1.165, 1.54) is 32.1 Å². The normalized spacial score (nSPS) is 23.0. The lowest BCUT2D eigenvalue weighted by Gasteiger charge is -2.36. The van der Waals surface area contributed by atoms with Crippen molar-refractivity contribution in [2.75, 3.05) is 31.7 Å². The fourth-order valence-corrected chi connectivity index (χ4v) is 6.57. The average molecular weight is 689 g/mol. The molecule has 2 saturated heterocycles. The summed E-state index contributed by atoms with van der Waals surface area (Å²) in [6.07, 6.45) is 5.82. The number of benzene rings is 2. The van der Waals surface area contributed by atoms with Crippen LogP contribution in [0.4, 0.5) is 5.69 Å². The molecule has 2 aliphatic heterocycles. The number of methoxy groups -OCH3 is 1. The van der Waals surface area contributed by atoms with Crippen LogP contribution in [-0.4, -0.2) is 93.7 Å². The quantitative estimate of drug-likeness (QED) is 0.163. The molecule has 2 aromatic carbocycles. The van der Waals surface area contributed by atoms with Gasteiger partial charge in [-0.2, -0.15) is 5.26 Å². The van der Waals surface area contributed by atoms with Crippen molar-refractivity contribution in [3.63, 3.8) is 0 Å². The summed E-state index contributed by atoms with van der Waals surface area (Å²) < 4.78 is 18.9. The van der Waals surface area contributed by atoms with E-state index in [1.54, 1.807) is 17.0 Å². The third-order valence-electron chi connectivity index (χ3n) is 9.93. The number of nitrogens with one attached hydrogen (secondary N) is 1. The summed E-state index contributed by atoms with van der Waals surface area (Å²) in [5.74, 6) is -0.427. The van der Waals surface area contributed by atoms with Gasteiger partial charge in [0.2, 0.25) is 0 Å². The average Bonchev–Trinajstić information content (AvgIpc) is 3.54.